The average molecular weight is 379 g/mol. The van der Waals surface area contributed by atoms with Crippen LogP contribution in [0.4, 0.5) is 0 Å². The van der Waals surface area contributed by atoms with Crippen molar-refractivity contribution in [2.24, 2.45) is 0 Å². The van der Waals surface area contributed by atoms with Crippen molar-refractivity contribution in [2.75, 3.05) is 13.2 Å². The zero-order valence-corrected chi connectivity index (χ0v) is 13.2. The van der Waals surface area contributed by atoms with Gasteiger partial charge in [0.15, 0.2) is 12.6 Å². The summed E-state index contributed by atoms with van der Waals surface area (Å²) in [5, 5.41) is 76.5. The predicted octanol–water partition coefficient (Wildman–Crippen LogP) is -4.98. The molecule has 11 nitrogen and oxygen atoms in total. The molecule has 2 saturated heterocycles. The molecule has 2 heterocycles. The lowest BCUT2D eigenvalue weighted by Gasteiger charge is -2.45. The van der Waals surface area contributed by atoms with Crippen LogP contribution in [0.5, 0.6) is 0 Å². The lowest BCUT2D eigenvalue weighted by atomic mass is 9.97. The molecule has 1 unspecified atom stereocenters. The molecule has 2 aliphatic rings. The molecule has 0 radical (unpaired) electrons. The summed E-state index contributed by atoms with van der Waals surface area (Å²) < 4.78 is 15.3. The summed E-state index contributed by atoms with van der Waals surface area (Å²) in [5.41, 5.74) is 0. The highest BCUT2D eigenvalue weighted by Gasteiger charge is 2.50. The molecular formula is C12H23ClO11. The maximum Gasteiger partial charge on any atom is 0.187 e. The van der Waals surface area contributed by atoms with Crippen molar-refractivity contribution in [3.05, 3.63) is 0 Å². The first-order chi connectivity index (χ1) is 10.8. The molecule has 2 fully saturated rings. The Balaban J connectivity index is 0.00000288. The lowest BCUT2D eigenvalue weighted by molar-refractivity contribution is -0.355. The quantitative estimate of drug-likeness (QED) is 0.234. The highest BCUT2D eigenvalue weighted by molar-refractivity contribution is 5.85. The van der Waals surface area contributed by atoms with E-state index in [9.17, 15) is 35.7 Å². The van der Waals surface area contributed by atoms with E-state index in [-0.39, 0.29) is 12.4 Å². The van der Waals surface area contributed by atoms with Gasteiger partial charge < -0.3 is 55.1 Å². The molecule has 0 amide bonds. The third-order valence-electron chi connectivity index (χ3n) is 3.98. The molecule has 8 N–H and O–H groups in total. The monoisotopic (exact) mass is 378 g/mol. The number of hydrogen-bond donors (Lipinski definition) is 8. The van der Waals surface area contributed by atoms with E-state index in [1.54, 1.807) is 0 Å². The minimum atomic E-state index is -1.74. The Morgan fingerprint density at radius 3 is 1.79 bits per heavy atom. The fraction of sp³-hybridized carbons (Fsp3) is 1.00. The largest absolute Gasteiger partial charge is 0.394 e. The zero-order chi connectivity index (χ0) is 17.3. The summed E-state index contributed by atoms with van der Waals surface area (Å²) in [6, 6.07) is 0. The summed E-state index contributed by atoms with van der Waals surface area (Å²) in [6.45, 7) is -1.35. The van der Waals surface area contributed by atoms with E-state index in [4.69, 9.17) is 19.3 Å². The fourth-order valence-electron chi connectivity index (χ4n) is 2.57. The minimum Gasteiger partial charge on any atom is -0.394 e. The molecular weight excluding hydrogens is 356 g/mol. The van der Waals surface area contributed by atoms with E-state index >= 15 is 0 Å². The van der Waals surface area contributed by atoms with Crippen molar-refractivity contribution in [1.82, 2.24) is 0 Å². The predicted molar refractivity (Wildman–Crippen MR) is 75.9 cm³/mol. The van der Waals surface area contributed by atoms with E-state index < -0.39 is 74.6 Å². The summed E-state index contributed by atoms with van der Waals surface area (Å²) >= 11 is 0. The lowest BCUT2D eigenvalue weighted by Crippen LogP contribution is -2.64. The van der Waals surface area contributed by atoms with Crippen LogP contribution < -0.4 is 0 Å². The van der Waals surface area contributed by atoms with Crippen LogP contribution >= 0.6 is 12.4 Å². The topological polar surface area (TPSA) is 190 Å². The third-order valence-corrected chi connectivity index (χ3v) is 3.98. The Bertz CT molecular complexity index is 384. The number of rotatable bonds is 4. The van der Waals surface area contributed by atoms with Crippen LogP contribution in [0.1, 0.15) is 0 Å². The van der Waals surface area contributed by atoms with Crippen LogP contribution in [0, 0.1) is 0 Å². The van der Waals surface area contributed by atoms with Gasteiger partial charge in [-0.2, -0.15) is 0 Å². The molecule has 0 aromatic heterocycles. The minimum absolute atomic E-state index is 0. The van der Waals surface area contributed by atoms with E-state index in [1.807, 2.05) is 0 Å². The average Bonchev–Trinajstić information content (AvgIpc) is 2.55. The van der Waals surface area contributed by atoms with Crippen molar-refractivity contribution in [1.29, 1.82) is 0 Å². The van der Waals surface area contributed by atoms with Gasteiger partial charge in [0.1, 0.15) is 48.8 Å². The SMILES string of the molecule is Cl.OC[C@H]1O[C@@H](O[C@H]2[C@H](O)[C@@H](O)C(O)O[C@@H]2CO)[C@H](O)[C@@H](O)[C@H]1O. The van der Waals surface area contributed by atoms with Gasteiger partial charge in [-0.1, -0.05) is 0 Å². The van der Waals surface area contributed by atoms with Gasteiger partial charge in [-0.3, -0.25) is 0 Å². The first-order valence-corrected chi connectivity index (χ1v) is 7.08. The third kappa shape index (κ3) is 4.15. The van der Waals surface area contributed by atoms with Gasteiger partial charge in [-0.15, -0.1) is 12.4 Å². The van der Waals surface area contributed by atoms with Gasteiger partial charge in [0, 0.05) is 0 Å². The first kappa shape index (κ1) is 21.9. The summed E-state index contributed by atoms with van der Waals surface area (Å²) in [4.78, 5) is 0. The number of aliphatic hydroxyl groups excluding tert-OH is 8. The van der Waals surface area contributed by atoms with Crippen LogP contribution in [0.3, 0.4) is 0 Å². The number of halogens is 1. The second-order valence-electron chi connectivity index (χ2n) is 5.53. The van der Waals surface area contributed by atoms with Crippen molar-refractivity contribution >= 4 is 12.4 Å². The highest BCUT2D eigenvalue weighted by Crippen LogP contribution is 2.28. The Labute approximate surface area is 143 Å². The van der Waals surface area contributed by atoms with Crippen molar-refractivity contribution in [3.8, 4) is 0 Å². The molecule has 24 heavy (non-hydrogen) atoms. The molecule has 0 aromatic carbocycles. The highest BCUT2D eigenvalue weighted by atomic mass is 35.5. The molecule has 10 atom stereocenters. The number of aliphatic hydroxyl groups is 8. The normalized spacial score (nSPS) is 49.5. The molecule has 0 spiro atoms. The Morgan fingerprint density at radius 1 is 0.667 bits per heavy atom. The van der Waals surface area contributed by atoms with Crippen LogP contribution in [0.15, 0.2) is 0 Å². The fourth-order valence-corrected chi connectivity index (χ4v) is 2.57. The zero-order valence-electron chi connectivity index (χ0n) is 12.4. The van der Waals surface area contributed by atoms with E-state index in [0.717, 1.165) is 0 Å². The molecule has 2 aliphatic heterocycles. The van der Waals surface area contributed by atoms with Crippen molar-refractivity contribution in [3.63, 3.8) is 0 Å². The van der Waals surface area contributed by atoms with Gasteiger partial charge in [0.05, 0.1) is 13.2 Å². The van der Waals surface area contributed by atoms with Crippen LogP contribution in [0.2, 0.25) is 0 Å². The molecule has 0 aliphatic carbocycles. The second kappa shape index (κ2) is 8.98. The smallest absolute Gasteiger partial charge is 0.187 e. The molecule has 0 saturated carbocycles. The first-order valence-electron chi connectivity index (χ1n) is 7.08. The van der Waals surface area contributed by atoms with Crippen molar-refractivity contribution < 1.29 is 55.1 Å². The van der Waals surface area contributed by atoms with Gasteiger partial charge >= 0.3 is 0 Å². The van der Waals surface area contributed by atoms with Crippen molar-refractivity contribution in [2.45, 2.75) is 61.4 Å². The Kier molecular flexibility index (Phi) is 8.19. The number of hydrogen-bond acceptors (Lipinski definition) is 11. The second-order valence-corrected chi connectivity index (χ2v) is 5.53. The number of ether oxygens (including phenoxy) is 3. The Morgan fingerprint density at radius 2 is 1.25 bits per heavy atom. The van der Waals surface area contributed by atoms with Gasteiger partial charge in [-0.05, 0) is 0 Å². The maximum atomic E-state index is 9.94. The Hall–Kier alpha value is -0.150. The van der Waals surface area contributed by atoms with Crippen LogP contribution in [-0.2, 0) is 14.2 Å². The molecule has 0 bridgehead atoms. The van der Waals surface area contributed by atoms with Gasteiger partial charge in [0.25, 0.3) is 0 Å². The van der Waals surface area contributed by atoms with E-state index in [0.29, 0.717) is 0 Å². The van der Waals surface area contributed by atoms with Gasteiger partial charge in [0.2, 0.25) is 0 Å². The summed E-state index contributed by atoms with van der Waals surface area (Å²) in [5.74, 6) is 0. The van der Waals surface area contributed by atoms with Gasteiger partial charge in [-0.25, -0.2) is 0 Å². The molecule has 0 aromatic rings. The van der Waals surface area contributed by atoms with E-state index in [2.05, 4.69) is 0 Å². The molecule has 144 valence electrons. The summed E-state index contributed by atoms with van der Waals surface area (Å²) in [7, 11) is 0. The summed E-state index contributed by atoms with van der Waals surface area (Å²) in [6.07, 6.45) is -15.6. The standard InChI is InChI=1S/C12H22O11.ClH/c13-1-3-5(15)6(16)9(19)12(22-3)23-10-4(2-14)21-11(20)8(18)7(10)17;/h3-20H,1-2H2;1H/t3-,4-,5+,6+,7-,8-,9-,10-,11?,12+;/m1./s1. The van der Waals surface area contributed by atoms with Crippen LogP contribution in [-0.4, -0.2) is 115 Å². The molecule has 2 rings (SSSR count). The maximum absolute atomic E-state index is 9.94. The molecule has 12 heteroatoms. The van der Waals surface area contributed by atoms with Crippen LogP contribution in [0.25, 0.3) is 0 Å². The van der Waals surface area contributed by atoms with E-state index in [1.165, 1.54) is 0 Å².